The number of anilines is 2. The minimum atomic E-state index is -0.213. The van der Waals surface area contributed by atoms with Gasteiger partial charge in [0.05, 0.1) is 11.8 Å². The molecule has 4 rings (SSSR count). The Balaban J connectivity index is 1.45. The Morgan fingerprint density at radius 2 is 2.08 bits per heavy atom. The quantitative estimate of drug-likeness (QED) is 0.792. The van der Waals surface area contributed by atoms with Crippen LogP contribution in [0.1, 0.15) is 49.4 Å². The third kappa shape index (κ3) is 3.39. The second kappa shape index (κ2) is 5.88. The summed E-state index contributed by atoms with van der Waals surface area (Å²) in [7, 11) is 0. The van der Waals surface area contributed by atoms with E-state index >= 15 is 0 Å². The van der Waals surface area contributed by atoms with Gasteiger partial charge in [0.2, 0.25) is 5.95 Å². The van der Waals surface area contributed by atoms with E-state index in [1.165, 1.54) is 11.1 Å². The Morgan fingerprint density at radius 1 is 1.28 bits per heavy atom. The van der Waals surface area contributed by atoms with Gasteiger partial charge in [-0.3, -0.25) is 0 Å². The van der Waals surface area contributed by atoms with Crippen LogP contribution < -0.4 is 15.8 Å². The molecule has 6 nitrogen and oxygen atoms in total. The maximum atomic E-state index is 9.48. The van der Waals surface area contributed by atoms with Crippen molar-refractivity contribution >= 4 is 11.8 Å². The predicted octanol–water partition coefficient (Wildman–Crippen LogP) is 2.62. The minimum Gasteiger partial charge on any atom is -0.487 e. The molecule has 0 radical (unpaired) electrons. The van der Waals surface area contributed by atoms with Crippen LogP contribution in [-0.2, 0) is 13.0 Å². The van der Waals surface area contributed by atoms with Gasteiger partial charge >= 0.3 is 0 Å². The normalized spacial score (nSPS) is 23.5. The summed E-state index contributed by atoms with van der Waals surface area (Å²) in [5.74, 6) is 2.25. The lowest BCUT2D eigenvalue weighted by molar-refractivity contribution is 0.0732. The molecule has 2 heterocycles. The lowest BCUT2D eigenvalue weighted by Crippen LogP contribution is -2.27. The van der Waals surface area contributed by atoms with Crippen molar-refractivity contribution in [1.29, 1.82) is 0 Å². The monoisotopic (exact) mass is 340 g/mol. The summed E-state index contributed by atoms with van der Waals surface area (Å²) < 4.78 is 5.92. The number of nitrogen functional groups attached to an aromatic ring is 1. The van der Waals surface area contributed by atoms with E-state index in [-0.39, 0.29) is 23.6 Å². The number of nitrogens with two attached hydrogens (primary N) is 1. The molecule has 2 aromatic rings. The summed E-state index contributed by atoms with van der Waals surface area (Å²) in [5, 5.41) is 12.8. The summed E-state index contributed by atoms with van der Waals surface area (Å²) in [6.07, 6.45) is 2.20. The number of hydrogen-bond donors (Lipinski definition) is 3. The first-order valence-electron chi connectivity index (χ1n) is 8.75. The highest BCUT2D eigenvalue weighted by Gasteiger charge is 2.31. The Labute approximate surface area is 147 Å². The maximum absolute atomic E-state index is 9.48. The van der Waals surface area contributed by atoms with Crippen LogP contribution in [-0.4, -0.2) is 26.8 Å². The molecule has 1 aliphatic heterocycles. The number of aromatic nitrogens is 2. The van der Waals surface area contributed by atoms with Crippen LogP contribution in [0.4, 0.5) is 11.8 Å². The molecule has 0 bridgehead atoms. The van der Waals surface area contributed by atoms with Gasteiger partial charge < -0.3 is 20.9 Å². The van der Waals surface area contributed by atoms with Gasteiger partial charge in [0.25, 0.3) is 0 Å². The summed E-state index contributed by atoms with van der Waals surface area (Å²) in [4.78, 5) is 8.58. The van der Waals surface area contributed by atoms with Gasteiger partial charge in [-0.2, -0.15) is 4.98 Å². The number of aliphatic hydroxyl groups excluding tert-OH is 1. The van der Waals surface area contributed by atoms with Crippen molar-refractivity contribution in [2.45, 2.75) is 57.3 Å². The Morgan fingerprint density at radius 3 is 2.84 bits per heavy atom. The smallest absolute Gasteiger partial charge is 0.222 e. The first-order valence-corrected chi connectivity index (χ1v) is 8.75. The van der Waals surface area contributed by atoms with Crippen LogP contribution in [0.15, 0.2) is 24.3 Å². The SMILES string of the molecule is CC1(C)Cc2cc(CNc3cc(C4CC(O)C4)nc(N)n3)ccc2O1. The molecule has 6 heteroatoms. The zero-order valence-electron chi connectivity index (χ0n) is 14.6. The molecule has 1 aromatic carbocycles. The standard InChI is InChI=1S/C19H24N4O2/c1-19(2)9-13-5-11(3-4-16(13)25-19)10-21-17-8-15(22-18(20)23-17)12-6-14(24)7-12/h3-5,8,12,14,24H,6-7,9-10H2,1-2H3,(H3,20,21,22,23). The van der Waals surface area contributed by atoms with Crippen LogP contribution in [0.2, 0.25) is 0 Å². The second-order valence-corrected chi connectivity index (χ2v) is 7.69. The van der Waals surface area contributed by atoms with Crippen molar-refractivity contribution in [3.05, 3.63) is 41.1 Å². The third-order valence-corrected chi connectivity index (χ3v) is 4.90. The number of benzene rings is 1. The van der Waals surface area contributed by atoms with Crippen molar-refractivity contribution in [2.24, 2.45) is 0 Å². The van der Waals surface area contributed by atoms with E-state index in [2.05, 4.69) is 41.3 Å². The fourth-order valence-electron chi connectivity index (χ4n) is 3.58. The van der Waals surface area contributed by atoms with Crippen LogP contribution in [0.25, 0.3) is 0 Å². The molecule has 0 spiro atoms. The molecular formula is C19H24N4O2. The van der Waals surface area contributed by atoms with E-state index < -0.39 is 0 Å². The Bertz CT molecular complexity index is 800. The Kier molecular flexibility index (Phi) is 3.80. The number of nitrogens with one attached hydrogen (secondary N) is 1. The molecular weight excluding hydrogens is 316 g/mol. The first-order chi connectivity index (χ1) is 11.9. The zero-order valence-corrected chi connectivity index (χ0v) is 14.6. The van der Waals surface area contributed by atoms with Gasteiger partial charge in [-0.15, -0.1) is 0 Å². The first kappa shape index (κ1) is 16.1. The molecule has 25 heavy (non-hydrogen) atoms. The highest BCUT2D eigenvalue weighted by Crippen LogP contribution is 2.37. The van der Waals surface area contributed by atoms with E-state index in [0.717, 1.165) is 36.5 Å². The van der Waals surface area contributed by atoms with Gasteiger partial charge in [0.15, 0.2) is 0 Å². The molecule has 1 aliphatic carbocycles. The molecule has 1 aromatic heterocycles. The van der Waals surface area contributed by atoms with Crippen molar-refractivity contribution in [2.75, 3.05) is 11.1 Å². The number of aliphatic hydroxyl groups is 1. The largest absolute Gasteiger partial charge is 0.487 e. The van der Waals surface area contributed by atoms with Gasteiger partial charge in [0, 0.05) is 24.9 Å². The summed E-state index contributed by atoms with van der Waals surface area (Å²) >= 11 is 0. The predicted molar refractivity (Wildman–Crippen MR) is 96.6 cm³/mol. The number of fused-ring (bicyclic) bond motifs is 1. The lowest BCUT2D eigenvalue weighted by atomic mass is 9.80. The van der Waals surface area contributed by atoms with Gasteiger partial charge in [-0.1, -0.05) is 12.1 Å². The van der Waals surface area contributed by atoms with Crippen molar-refractivity contribution in [1.82, 2.24) is 9.97 Å². The number of ether oxygens (including phenoxy) is 1. The lowest BCUT2D eigenvalue weighted by Gasteiger charge is -2.30. The molecule has 0 amide bonds. The van der Waals surface area contributed by atoms with Crippen LogP contribution in [0.3, 0.4) is 0 Å². The number of rotatable bonds is 4. The fraction of sp³-hybridized carbons (Fsp3) is 0.474. The van der Waals surface area contributed by atoms with Gasteiger partial charge in [0.1, 0.15) is 17.2 Å². The highest BCUT2D eigenvalue weighted by atomic mass is 16.5. The van der Waals surface area contributed by atoms with Crippen LogP contribution in [0.5, 0.6) is 5.75 Å². The van der Waals surface area contributed by atoms with Crippen molar-refractivity contribution < 1.29 is 9.84 Å². The molecule has 4 N–H and O–H groups in total. The van der Waals surface area contributed by atoms with E-state index in [1.807, 2.05) is 12.1 Å². The third-order valence-electron chi connectivity index (χ3n) is 4.90. The molecule has 0 unspecified atom stereocenters. The minimum absolute atomic E-state index is 0.127. The van der Waals surface area contributed by atoms with Gasteiger partial charge in [-0.25, -0.2) is 4.98 Å². The summed E-state index contributed by atoms with van der Waals surface area (Å²) in [5.41, 5.74) is 9.05. The van der Waals surface area contributed by atoms with E-state index in [0.29, 0.717) is 6.54 Å². The number of nitrogens with zero attached hydrogens (tertiary/aromatic N) is 2. The van der Waals surface area contributed by atoms with E-state index in [1.54, 1.807) is 0 Å². The average molecular weight is 340 g/mol. The number of hydrogen-bond acceptors (Lipinski definition) is 6. The molecule has 0 atom stereocenters. The van der Waals surface area contributed by atoms with Crippen molar-refractivity contribution in [3.63, 3.8) is 0 Å². The zero-order chi connectivity index (χ0) is 17.6. The molecule has 1 saturated carbocycles. The average Bonchev–Trinajstić information content (AvgIpc) is 2.82. The maximum Gasteiger partial charge on any atom is 0.222 e. The van der Waals surface area contributed by atoms with E-state index in [9.17, 15) is 5.11 Å². The Hall–Kier alpha value is -2.34. The van der Waals surface area contributed by atoms with Gasteiger partial charge in [-0.05, 0) is 43.9 Å². The second-order valence-electron chi connectivity index (χ2n) is 7.69. The van der Waals surface area contributed by atoms with E-state index in [4.69, 9.17) is 10.5 Å². The highest BCUT2D eigenvalue weighted by molar-refractivity contribution is 5.45. The van der Waals surface area contributed by atoms with Crippen molar-refractivity contribution in [3.8, 4) is 5.75 Å². The molecule has 1 fully saturated rings. The molecule has 0 saturated heterocycles. The molecule has 2 aliphatic rings. The topological polar surface area (TPSA) is 93.3 Å². The summed E-state index contributed by atoms with van der Waals surface area (Å²) in [6, 6.07) is 8.23. The van der Waals surface area contributed by atoms with Crippen LogP contribution >= 0.6 is 0 Å². The fourth-order valence-corrected chi connectivity index (χ4v) is 3.58. The van der Waals surface area contributed by atoms with Crippen LogP contribution in [0, 0.1) is 0 Å². The molecule has 132 valence electrons. The summed E-state index contributed by atoms with van der Waals surface area (Å²) in [6.45, 7) is 4.87.